The van der Waals surface area contributed by atoms with Crippen LogP contribution < -0.4 is 10.2 Å². The molecule has 0 aliphatic heterocycles. The Balaban J connectivity index is 2.17. The van der Waals surface area contributed by atoms with E-state index in [4.69, 9.17) is 16.3 Å². The van der Waals surface area contributed by atoms with Crippen molar-refractivity contribution in [2.75, 3.05) is 0 Å². The molecule has 0 aromatic heterocycles. The summed E-state index contributed by atoms with van der Waals surface area (Å²) in [6.07, 6.45) is 0. The molecule has 92 valence electrons. The summed E-state index contributed by atoms with van der Waals surface area (Å²) >= 11 is 5.91. The summed E-state index contributed by atoms with van der Waals surface area (Å²) < 4.78 is 5.56. The predicted octanol–water partition coefficient (Wildman–Crippen LogP) is 1.60. The highest BCUT2D eigenvalue weighted by Gasteiger charge is 2.20. The molecular weight excluding hydrogens is 250 g/mol. The molecule has 0 aliphatic carbocycles. The van der Waals surface area contributed by atoms with Crippen molar-refractivity contribution >= 4 is 24.2 Å². The first-order valence-corrected chi connectivity index (χ1v) is 5.87. The van der Waals surface area contributed by atoms with Gasteiger partial charge in [-0.3, -0.25) is 0 Å². The lowest BCUT2D eigenvalue weighted by Gasteiger charge is -2.12. The highest BCUT2D eigenvalue weighted by molar-refractivity contribution is 6.63. The number of ether oxygens (including phenoxy) is 1. The molecule has 0 bridgehead atoms. The molecule has 0 amide bonds. The first-order chi connectivity index (χ1) is 8.68. The highest BCUT2D eigenvalue weighted by atomic mass is 35.5. The Bertz CT molecular complexity index is 517. The van der Waals surface area contributed by atoms with E-state index in [0.29, 0.717) is 12.4 Å². The summed E-state index contributed by atoms with van der Waals surface area (Å²) in [5, 5.41) is 18.8. The highest BCUT2D eigenvalue weighted by Crippen LogP contribution is 2.16. The van der Waals surface area contributed by atoms with Gasteiger partial charge in [-0.15, -0.1) is 0 Å². The predicted molar refractivity (Wildman–Crippen MR) is 72.1 cm³/mol. The van der Waals surface area contributed by atoms with Crippen LogP contribution in [0.25, 0.3) is 0 Å². The Kier molecular flexibility index (Phi) is 4.26. The second-order valence-corrected chi connectivity index (χ2v) is 4.21. The van der Waals surface area contributed by atoms with Crippen LogP contribution in [-0.4, -0.2) is 17.2 Å². The first kappa shape index (κ1) is 13.0. The van der Waals surface area contributed by atoms with Crippen LogP contribution in [-0.2, 0) is 6.61 Å². The molecule has 0 unspecified atom stereocenters. The molecule has 2 N–H and O–H groups in total. The fourth-order valence-electron chi connectivity index (χ4n) is 1.63. The largest absolute Gasteiger partial charge is 0.493 e. The summed E-state index contributed by atoms with van der Waals surface area (Å²) in [5.41, 5.74) is 1.19. The molecule has 0 saturated carbocycles. The van der Waals surface area contributed by atoms with E-state index in [1.165, 1.54) is 0 Å². The fourth-order valence-corrected chi connectivity index (χ4v) is 1.89. The normalized spacial score (nSPS) is 10.2. The van der Waals surface area contributed by atoms with Gasteiger partial charge in [-0.05, 0) is 17.7 Å². The molecule has 18 heavy (non-hydrogen) atoms. The van der Waals surface area contributed by atoms with E-state index in [1.807, 2.05) is 30.3 Å². The molecule has 2 rings (SSSR count). The molecule has 3 nitrogen and oxygen atoms in total. The summed E-state index contributed by atoms with van der Waals surface area (Å²) in [6, 6.07) is 14.6. The van der Waals surface area contributed by atoms with Crippen LogP contribution in [0.15, 0.2) is 48.5 Å². The van der Waals surface area contributed by atoms with Crippen LogP contribution in [0, 0.1) is 0 Å². The van der Waals surface area contributed by atoms with Crippen molar-refractivity contribution in [2.45, 2.75) is 6.61 Å². The molecule has 0 heterocycles. The van der Waals surface area contributed by atoms with Gasteiger partial charge in [0.1, 0.15) is 12.4 Å². The second kappa shape index (κ2) is 5.91. The van der Waals surface area contributed by atoms with E-state index >= 15 is 0 Å². The van der Waals surface area contributed by atoms with E-state index in [9.17, 15) is 10.0 Å². The minimum absolute atomic E-state index is 0.190. The maximum absolute atomic E-state index is 9.27. The standard InChI is InChI=1S/C13H12BClO3/c15-11-7-4-8-12(13(11)14(16)17)18-9-10-5-2-1-3-6-10/h1-8,16-17H,9H2. The van der Waals surface area contributed by atoms with Gasteiger partial charge in [-0.2, -0.15) is 0 Å². The number of rotatable bonds is 4. The molecule has 0 saturated heterocycles. The molecule has 0 fully saturated rings. The fraction of sp³-hybridized carbons (Fsp3) is 0.0769. The van der Waals surface area contributed by atoms with E-state index in [0.717, 1.165) is 5.56 Å². The van der Waals surface area contributed by atoms with Gasteiger partial charge in [0, 0.05) is 10.5 Å². The van der Waals surface area contributed by atoms with Crippen LogP contribution in [0.3, 0.4) is 0 Å². The Morgan fingerprint density at radius 3 is 2.39 bits per heavy atom. The summed E-state index contributed by atoms with van der Waals surface area (Å²) in [4.78, 5) is 0. The lowest BCUT2D eigenvalue weighted by Crippen LogP contribution is -2.32. The van der Waals surface area contributed by atoms with E-state index in [2.05, 4.69) is 0 Å². The monoisotopic (exact) mass is 262 g/mol. The third-order valence-electron chi connectivity index (χ3n) is 2.51. The van der Waals surface area contributed by atoms with E-state index in [1.54, 1.807) is 18.2 Å². The van der Waals surface area contributed by atoms with Gasteiger partial charge in [0.15, 0.2) is 0 Å². The maximum Gasteiger partial charge on any atom is 0.493 e. The zero-order chi connectivity index (χ0) is 13.0. The number of halogens is 1. The SMILES string of the molecule is OB(O)c1c(Cl)cccc1OCc1ccccc1. The van der Waals surface area contributed by atoms with Crippen molar-refractivity contribution in [1.29, 1.82) is 0 Å². The molecule has 2 aromatic carbocycles. The average molecular weight is 263 g/mol. The minimum atomic E-state index is -1.65. The van der Waals surface area contributed by atoms with Crippen LogP contribution >= 0.6 is 11.6 Å². The van der Waals surface area contributed by atoms with Gasteiger partial charge in [-0.25, -0.2) is 0 Å². The van der Waals surface area contributed by atoms with E-state index in [-0.39, 0.29) is 10.5 Å². The molecule has 0 atom stereocenters. The third-order valence-corrected chi connectivity index (χ3v) is 2.84. The molecule has 5 heteroatoms. The van der Waals surface area contributed by atoms with Gasteiger partial charge in [0.05, 0.1) is 0 Å². The van der Waals surface area contributed by atoms with Crippen molar-refractivity contribution in [2.24, 2.45) is 0 Å². The van der Waals surface area contributed by atoms with Crippen LogP contribution in [0.1, 0.15) is 5.56 Å². The average Bonchev–Trinajstić information content (AvgIpc) is 2.37. The second-order valence-electron chi connectivity index (χ2n) is 3.80. The van der Waals surface area contributed by atoms with Crippen molar-refractivity contribution in [1.82, 2.24) is 0 Å². The van der Waals surface area contributed by atoms with Crippen LogP contribution in [0.5, 0.6) is 5.75 Å². The zero-order valence-corrected chi connectivity index (χ0v) is 10.3. The summed E-state index contributed by atoms with van der Waals surface area (Å²) in [7, 11) is -1.65. The summed E-state index contributed by atoms with van der Waals surface area (Å²) in [5.74, 6) is 0.376. The zero-order valence-electron chi connectivity index (χ0n) is 9.58. The van der Waals surface area contributed by atoms with Crippen molar-refractivity contribution in [3.05, 3.63) is 59.1 Å². The Hall–Kier alpha value is -1.49. The van der Waals surface area contributed by atoms with Gasteiger partial charge >= 0.3 is 7.12 Å². The van der Waals surface area contributed by atoms with Crippen molar-refractivity contribution in [3.8, 4) is 5.75 Å². The number of hydrogen-bond acceptors (Lipinski definition) is 3. The van der Waals surface area contributed by atoms with Gasteiger partial charge < -0.3 is 14.8 Å². The maximum atomic E-state index is 9.27. The lowest BCUT2D eigenvalue weighted by molar-refractivity contribution is 0.306. The van der Waals surface area contributed by atoms with Gasteiger partial charge in [0.25, 0.3) is 0 Å². The minimum Gasteiger partial charge on any atom is -0.489 e. The summed E-state index contributed by atoms with van der Waals surface area (Å²) in [6.45, 7) is 0.348. The Morgan fingerprint density at radius 2 is 1.72 bits per heavy atom. The van der Waals surface area contributed by atoms with E-state index < -0.39 is 7.12 Å². The molecule has 0 radical (unpaired) electrons. The first-order valence-electron chi connectivity index (χ1n) is 5.50. The van der Waals surface area contributed by atoms with Crippen molar-refractivity contribution in [3.63, 3.8) is 0 Å². The van der Waals surface area contributed by atoms with Crippen LogP contribution in [0.4, 0.5) is 0 Å². The third kappa shape index (κ3) is 3.04. The number of benzene rings is 2. The Labute approximate surface area is 111 Å². The van der Waals surface area contributed by atoms with Gasteiger partial charge in [-0.1, -0.05) is 48.0 Å². The van der Waals surface area contributed by atoms with Gasteiger partial charge in [0.2, 0.25) is 0 Å². The number of hydrogen-bond donors (Lipinski definition) is 2. The smallest absolute Gasteiger partial charge is 0.489 e. The van der Waals surface area contributed by atoms with Crippen molar-refractivity contribution < 1.29 is 14.8 Å². The lowest BCUT2D eigenvalue weighted by atomic mass is 9.79. The Morgan fingerprint density at radius 1 is 1.00 bits per heavy atom. The molecular formula is C13H12BClO3. The molecule has 0 spiro atoms. The van der Waals surface area contributed by atoms with Crippen LogP contribution in [0.2, 0.25) is 5.02 Å². The topological polar surface area (TPSA) is 49.7 Å². The quantitative estimate of drug-likeness (QED) is 0.823. The molecule has 2 aromatic rings. The molecule has 0 aliphatic rings.